The van der Waals surface area contributed by atoms with Crippen molar-refractivity contribution in [1.29, 1.82) is 0 Å². The van der Waals surface area contributed by atoms with Crippen LogP contribution in [0.2, 0.25) is 0 Å². The van der Waals surface area contributed by atoms with Gasteiger partial charge in [-0.1, -0.05) is 36.4 Å². The number of benzene rings is 2. The Kier molecular flexibility index (Phi) is 5.88. The Bertz CT molecular complexity index is 1010. The van der Waals surface area contributed by atoms with E-state index in [0.717, 1.165) is 5.56 Å². The zero-order chi connectivity index (χ0) is 20.1. The van der Waals surface area contributed by atoms with Crippen LogP contribution in [0.3, 0.4) is 0 Å². The molecule has 3 rings (SSSR count). The van der Waals surface area contributed by atoms with E-state index >= 15 is 0 Å². The van der Waals surface area contributed by atoms with E-state index in [4.69, 9.17) is 4.74 Å². The van der Waals surface area contributed by atoms with Gasteiger partial charge in [-0.15, -0.1) is 0 Å². The molecule has 0 aliphatic carbocycles. The summed E-state index contributed by atoms with van der Waals surface area (Å²) in [5, 5.41) is 3.04. The highest BCUT2D eigenvalue weighted by Crippen LogP contribution is 2.29. The van der Waals surface area contributed by atoms with Crippen molar-refractivity contribution >= 4 is 11.6 Å². The first kappa shape index (κ1) is 19.3. The highest BCUT2D eigenvalue weighted by molar-refractivity contribution is 5.62. The van der Waals surface area contributed by atoms with E-state index in [1.807, 2.05) is 30.3 Å². The van der Waals surface area contributed by atoms with E-state index in [9.17, 15) is 13.6 Å². The molecule has 0 aliphatic heterocycles. The number of nitrogens with zero attached hydrogens (tertiary/aromatic N) is 2. The Morgan fingerprint density at radius 2 is 1.86 bits per heavy atom. The predicted molar refractivity (Wildman–Crippen MR) is 102 cm³/mol. The summed E-state index contributed by atoms with van der Waals surface area (Å²) in [5.74, 6) is 0.408. The molecule has 0 spiro atoms. The SMILES string of the molecule is COc1cn(Cc2ccccc2)c(Nc2cccc(OC(F)F)c2C)nc1=O. The van der Waals surface area contributed by atoms with Crippen molar-refractivity contribution in [2.75, 3.05) is 12.4 Å². The van der Waals surface area contributed by atoms with Crippen LogP contribution in [-0.4, -0.2) is 23.3 Å². The molecule has 0 fully saturated rings. The smallest absolute Gasteiger partial charge is 0.387 e. The van der Waals surface area contributed by atoms with Gasteiger partial charge in [-0.3, -0.25) is 4.79 Å². The maximum Gasteiger partial charge on any atom is 0.387 e. The molecule has 8 heteroatoms. The van der Waals surface area contributed by atoms with E-state index in [1.165, 1.54) is 13.2 Å². The second-order valence-electron chi connectivity index (χ2n) is 5.98. The predicted octanol–water partition coefficient (Wildman–Crippen LogP) is 3.95. The summed E-state index contributed by atoms with van der Waals surface area (Å²) in [6.45, 7) is -0.855. The van der Waals surface area contributed by atoms with Gasteiger partial charge in [0.25, 0.3) is 0 Å². The molecule has 0 bridgehead atoms. The van der Waals surface area contributed by atoms with Crippen molar-refractivity contribution in [2.45, 2.75) is 20.1 Å². The minimum atomic E-state index is -2.93. The number of methoxy groups -OCH3 is 1. The lowest BCUT2D eigenvalue weighted by Gasteiger charge is -2.17. The molecule has 0 unspecified atom stereocenters. The van der Waals surface area contributed by atoms with Crippen molar-refractivity contribution in [2.24, 2.45) is 0 Å². The molecule has 1 heterocycles. The van der Waals surface area contributed by atoms with Crippen molar-refractivity contribution in [3.05, 3.63) is 76.2 Å². The summed E-state index contributed by atoms with van der Waals surface area (Å²) in [5.41, 5.74) is 1.42. The summed E-state index contributed by atoms with van der Waals surface area (Å²) in [6, 6.07) is 14.3. The standard InChI is InChI=1S/C20H19F2N3O3/c1-13-15(9-6-10-16(13)28-19(21)22)23-20-24-18(26)17(27-2)12-25(20)11-14-7-4-3-5-8-14/h3-10,12,19H,11H2,1-2H3,(H,23,24,26). The number of hydrogen-bond donors (Lipinski definition) is 1. The molecule has 6 nitrogen and oxygen atoms in total. The van der Waals surface area contributed by atoms with Gasteiger partial charge in [0, 0.05) is 11.3 Å². The van der Waals surface area contributed by atoms with Gasteiger partial charge in [0.05, 0.1) is 19.9 Å². The fourth-order valence-electron chi connectivity index (χ4n) is 2.71. The zero-order valence-electron chi connectivity index (χ0n) is 15.4. The average Bonchev–Trinajstić information content (AvgIpc) is 2.67. The van der Waals surface area contributed by atoms with Crippen LogP contribution in [0.1, 0.15) is 11.1 Å². The quantitative estimate of drug-likeness (QED) is 0.665. The molecule has 0 radical (unpaired) electrons. The molecule has 0 atom stereocenters. The molecule has 0 saturated carbocycles. The number of anilines is 2. The first-order valence-corrected chi connectivity index (χ1v) is 8.48. The van der Waals surface area contributed by atoms with Gasteiger partial charge in [-0.25, -0.2) is 0 Å². The summed E-state index contributed by atoms with van der Waals surface area (Å²) >= 11 is 0. The van der Waals surface area contributed by atoms with Crippen molar-refractivity contribution < 1.29 is 18.3 Å². The molecular formula is C20H19F2N3O3. The number of alkyl halides is 2. The fourth-order valence-corrected chi connectivity index (χ4v) is 2.71. The Labute approximate surface area is 160 Å². The molecule has 0 amide bonds. The number of nitrogens with one attached hydrogen (secondary N) is 1. The summed E-state index contributed by atoms with van der Waals surface area (Å²) in [6.07, 6.45) is 1.56. The van der Waals surface area contributed by atoms with E-state index < -0.39 is 12.2 Å². The average molecular weight is 387 g/mol. The number of rotatable bonds is 7. The molecule has 2 aromatic carbocycles. The molecule has 1 N–H and O–H groups in total. The lowest BCUT2D eigenvalue weighted by molar-refractivity contribution is -0.0502. The molecule has 146 valence electrons. The fraction of sp³-hybridized carbons (Fsp3) is 0.200. The van der Waals surface area contributed by atoms with E-state index in [1.54, 1.807) is 29.8 Å². The van der Waals surface area contributed by atoms with Gasteiger partial charge in [0.1, 0.15) is 5.75 Å². The normalized spacial score (nSPS) is 10.8. The van der Waals surface area contributed by atoms with E-state index in [0.29, 0.717) is 17.8 Å². The van der Waals surface area contributed by atoms with Crippen LogP contribution in [-0.2, 0) is 6.54 Å². The monoisotopic (exact) mass is 387 g/mol. The highest BCUT2D eigenvalue weighted by atomic mass is 19.3. The van der Waals surface area contributed by atoms with Crippen LogP contribution in [0.4, 0.5) is 20.4 Å². The lowest BCUT2D eigenvalue weighted by atomic mass is 10.2. The molecule has 0 aliphatic rings. The first-order valence-electron chi connectivity index (χ1n) is 8.48. The third-order valence-corrected chi connectivity index (χ3v) is 4.13. The molecular weight excluding hydrogens is 368 g/mol. The van der Waals surface area contributed by atoms with Crippen LogP contribution < -0.4 is 20.3 Å². The number of halogens is 2. The van der Waals surface area contributed by atoms with Gasteiger partial charge in [0.15, 0.2) is 0 Å². The minimum absolute atomic E-state index is 0.0467. The number of ether oxygens (including phenoxy) is 2. The van der Waals surface area contributed by atoms with Crippen LogP contribution >= 0.6 is 0 Å². The maximum absolute atomic E-state index is 12.6. The van der Waals surface area contributed by atoms with Gasteiger partial charge < -0.3 is 19.4 Å². The largest absolute Gasteiger partial charge is 0.490 e. The third-order valence-electron chi connectivity index (χ3n) is 4.13. The second kappa shape index (κ2) is 8.51. The van der Waals surface area contributed by atoms with Crippen LogP contribution in [0.5, 0.6) is 11.5 Å². The van der Waals surface area contributed by atoms with Gasteiger partial charge in [-0.2, -0.15) is 13.8 Å². The summed E-state index contributed by atoms with van der Waals surface area (Å²) in [7, 11) is 1.40. The van der Waals surface area contributed by atoms with Gasteiger partial charge >= 0.3 is 12.2 Å². The van der Waals surface area contributed by atoms with E-state index in [2.05, 4.69) is 15.0 Å². The molecule has 3 aromatic rings. The summed E-state index contributed by atoms with van der Waals surface area (Å²) < 4.78 is 36.5. The Hall–Kier alpha value is -3.42. The number of aromatic nitrogens is 2. The second-order valence-corrected chi connectivity index (χ2v) is 5.98. The zero-order valence-corrected chi connectivity index (χ0v) is 15.4. The minimum Gasteiger partial charge on any atom is -0.490 e. The van der Waals surface area contributed by atoms with Gasteiger partial charge in [0.2, 0.25) is 11.7 Å². The summed E-state index contributed by atoms with van der Waals surface area (Å²) in [4.78, 5) is 16.2. The van der Waals surface area contributed by atoms with E-state index in [-0.39, 0.29) is 17.4 Å². The van der Waals surface area contributed by atoms with Crippen LogP contribution in [0.25, 0.3) is 0 Å². The Balaban J connectivity index is 1.99. The third kappa shape index (κ3) is 4.46. The molecule has 28 heavy (non-hydrogen) atoms. The van der Waals surface area contributed by atoms with Crippen LogP contribution in [0, 0.1) is 6.92 Å². The van der Waals surface area contributed by atoms with Crippen molar-refractivity contribution in [1.82, 2.24) is 9.55 Å². The maximum atomic E-state index is 12.6. The highest BCUT2D eigenvalue weighted by Gasteiger charge is 2.14. The lowest BCUT2D eigenvalue weighted by Crippen LogP contribution is -2.19. The first-order chi connectivity index (χ1) is 13.5. The van der Waals surface area contributed by atoms with Crippen molar-refractivity contribution in [3.8, 4) is 11.5 Å². The van der Waals surface area contributed by atoms with Gasteiger partial charge in [-0.05, 0) is 24.6 Å². The number of hydrogen-bond acceptors (Lipinski definition) is 5. The topological polar surface area (TPSA) is 65.4 Å². The van der Waals surface area contributed by atoms with Crippen molar-refractivity contribution in [3.63, 3.8) is 0 Å². The molecule has 0 saturated heterocycles. The Morgan fingerprint density at radius 3 is 2.54 bits per heavy atom. The molecule has 1 aromatic heterocycles. The van der Waals surface area contributed by atoms with Crippen LogP contribution in [0.15, 0.2) is 59.5 Å². The Morgan fingerprint density at radius 1 is 1.11 bits per heavy atom.